The Balaban J connectivity index is 5.20. The number of carbonyl (C=O) groups is 4. The first-order valence-corrected chi connectivity index (χ1v) is 44.0. The third-order valence-corrected chi connectivity index (χ3v) is 20.4. The molecule has 0 bridgehead atoms. The molecule has 0 heterocycles. The molecule has 0 aromatic heterocycles. The normalized spacial score (nSPS) is 13.9. The monoisotopic (exact) mass is 1440 g/mol. The fourth-order valence-electron chi connectivity index (χ4n) is 12.2. The molecule has 0 aliphatic rings. The molecule has 5 atom stereocenters. The molecule has 0 amide bonds. The van der Waals surface area contributed by atoms with E-state index in [0.717, 1.165) is 102 Å². The van der Waals surface area contributed by atoms with Gasteiger partial charge in [-0.1, -0.05) is 363 Å². The number of carbonyl (C=O) groups excluding carboxylic acids is 4. The molecule has 0 rings (SSSR count). The zero-order valence-corrected chi connectivity index (χ0v) is 65.9. The molecule has 0 aromatic carbocycles. The third kappa shape index (κ3) is 72.4. The van der Waals surface area contributed by atoms with Crippen LogP contribution in [-0.4, -0.2) is 96.7 Å². The molecule has 3 N–H and O–H groups in total. The lowest BCUT2D eigenvalue weighted by Gasteiger charge is -2.21. The number of hydrogen-bond donors (Lipinski definition) is 3. The molecule has 0 saturated carbocycles. The second-order valence-corrected chi connectivity index (χ2v) is 32.3. The SMILES string of the molecule is CCCCCCCCCCCCCCCCCCCCCCCC(=O)O[C@H](COC(=O)CCCCCCCCCCCCCCCCCC)COP(=O)(O)OC[C@@H](O)COP(=O)(O)OC[C@@H](COC(=O)CCCCCCCCC(C)C)OC(=O)CCCCCCCCCCCC(C)C. The minimum Gasteiger partial charge on any atom is -0.462 e. The van der Waals surface area contributed by atoms with Crippen LogP contribution in [-0.2, 0) is 65.4 Å². The second-order valence-electron chi connectivity index (χ2n) is 29.4. The van der Waals surface area contributed by atoms with Gasteiger partial charge in [0, 0.05) is 25.7 Å². The van der Waals surface area contributed by atoms with E-state index in [-0.39, 0.29) is 25.7 Å². The molecule has 0 aromatic rings. The average molecular weight is 1440 g/mol. The number of hydrogen-bond acceptors (Lipinski definition) is 15. The average Bonchev–Trinajstić information content (AvgIpc) is 0.940. The summed E-state index contributed by atoms with van der Waals surface area (Å²) in [6.45, 7) is 9.51. The van der Waals surface area contributed by atoms with Crippen molar-refractivity contribution in [2.45, 2.75) is 432 Å². The van der Waals surface area contributed by atoms with Gasteiger partial charge >= 0.3 is 39.5 Å². The molecule has 17 nitrogen and oxygen atoms in total. The van der Waals surface area contributed by atoms with Crippen LogP contribution in [0.15, 0.2) is 0 Å². The number of phosphoric acid groups is 2. The molecule has 2 unspecified atom stereocenters. The van der Waals surface area contributed by atoms with Gasteiger partial charge in [-0.05, 0) is 37.5 Å². The first-order chi connectivity index (χ1) is 47.4. The van der Waals surface area contributed by atoms with Crippen LogP contribution in [0.25, 0.3) is 0 Å². The van der Waals surface area contributed by atoms with Crippen LogP contribution in [0.5, 0.6) is 0 Å². The molecular weight excluding hydrogens is 1280 g/mol. The van der Waals surface area contributed by atoms with Crippen LogP contribution in [0.1, 0.15) is 414 Å². The summed E-state index contributed by atoms with van der Waals surface area (Å²) in [5, 5.41) is 10.6. The lowest BCUT2D eigenvalue weighted by molar-refractivity contribution is -0.161. The van der Waals surface area contributed by atoms with Gasteiger partial charge in [-0.2, -0.15) is 0 Å². The maximum absolute atomic E-state index is 13.1. The largest absolute Gasteiger partial charge is 0.472 e. The van der Waals surface area contributed by atoms with Crippen LogP contribution in [0.3, 0.4) is 0 Å². The Morgan fingerprint density at radius 2 is 0.469 bits per heavy atom. The molecule has 0 aliphatic carbocycles. The smallest absolute Gasteiger partial charge is 0.462 e. The van der Waals surface area contributed by atoms with E-state index in [2.05, 4.69) is 41.5 Å². The summed E-state index contributed by atoms with van der Waals surface area (Å²) in [7, 11) is -9.91. The maximum Gasteiger partial charge on any atom is 0.472 e. The third-order valence-electron chi connectivity index (χ3n) is 18.5. The summed E-state index contributed by atoms with van der Waals surface area (Å²) in [5.41, 5.74) is 0. The van der Waals surface area contributed by atoms with Gasteiger partial charge in [0.1, 0.15) is 19.3 Å². The lowest BCUT2D eigenvalue weighted by Crippen LogP contribution is -2.30. The van der Waals surface area contributed by atoms with E-state index >= 15 is 0 Å². The second kappa shape index (κ2) is 70.7. The van der Waals surface area contributed by atoms with Gasteiger partial charge in [0.05, 0.1) is 26.4 Å². The molecule has 19 heteroatoms. The summed E-state index contributed by atoms with van der Waals surface area (Å²) in [5.74, 6) is -0.700. The minimum atomic E-state index is -4.96. The van der Waals surface area contributed by atoms with Crippen LogP contribution < -0.4 is 0 Å². The Kier molecular flexibility index (Phi) is 69.3. The summed E-state index contributed by atoms with van der Waals surface area (Å²) in [4.78, 5) is 72.9. The van der Waals surface area contributed by atoms with Gasteiger partial charge < -0.3 is 33.8 Å². The van der Waals surface area contributed by atoms with Gasteiger partial charge in [0.2, 0.25) is 0 Å². The maximum atomic E-state index is 13.1. The fraction of sp³-hybridized carbons (Fsp3) is 0.949. The Bertz CT molecular complexity index is 1890. The summed E-state index contributed by atoms with van der Waals surface area (Å²) in [6, 6.07) is 0. The van der Waals surface area contributed by atoms with E-state index in [1.165, 1.54) is 225 Å². The number of aliphatic hydroxyl groups excluding tert-OH is 1. The van der Waals surface area contributed by atoms with E-state index in [1.807, 2.05) is 0 Å². The molecule has 0 radical (unpaired) electrons. The first-order valence-electron chi connectivity index (χ1n) is 41.0. The van der Waals surface area contributed by atoms with E-state index in [9.17, 15) is 43.2 Å². The molecular formula is C79H154O17P2. The molecule has 0 saturated heterocycles. The Labute approximate surface area is 600 Å². The van der Waals surface area contributed by atoms with Crippen molar-refractivity contribution in [1.82, 2.24) is 0 Å². The number of unbranched alkanes of at least 4 members (excludes halogenated alkanes) is 48. The summed E-state index contributed by atoms with van der Waals surface area (Å²) < 4.78 is 68.6. The highest BCUT2D eigenvalue weighted by atomic mass is 31.2. The number of aliphatic hydroxyl groups is 1. The lowest BCUT2D eigenvalue weighted by atomic mass is 10.0. The van der Waals surface area contributed by atoms with Crippen LogP contribution in [0, 0.1) is 11.8 Å². The van der Waals surface area contributed by atoms with Gasteiger partial charge in [-0.3, -0.25) is 37.3 Å². The first kappa shape index (κ1) is 96.1. The standard InChI is InChI=1S/C79H154O17P2/c1-7-9-11-13-15-17-19-21-23-25-26-27-28-29-31-33-35-39-43-51-57-63-78(83)95-74(67-89-76(81)61-55-49-42-38-34-32-30-24-22-20-18-16-14-12-10-8-2)69-93-97(85,86)91-65-73(80)66-92-98(87,88)94-70-75(68-90-77(82)62-56-50-46-45-48-54-60-72(5)6)96-79(84)64-58-52-44-40-36-37-41-47-53-59-71(3)4/h71-75,80H,7-70H2,1-6H3,(H,85,86)(H,87,88)/t73-,74-,75-/m1/s1. The zero-order valence-electron chi connectivity index (χ0n) is 64.1. The van der Waals surface area contributed by atoms with Crippen molar-refractivity contribution in [2.75, 3.05) is 39.6 Å². The molecule has 0 fully saturated rings. The van der Waals surface area contributed by atoms with Crippen LogP contribution in [0.4, 0.5) is 0 Å². The number of phosphoric ester groups is 2. The van der Waals surface area contributed by atoms with Crippen molar-refractivity contribution in [3.8, 4) is 0 Å². The molecule has 98 heavy (non-hydrogen) atoms. The highest BCUT2D eigenvalue weighted by Gasteiger charge is 2.30. The highest BCUT2D eigenvalue weighted by molar-refractivity contribution is 7.47. The van der Waals surface area contributed by atoms with Gasteiger partial charge in [-0.15, -0.1) is 0 Å². The molecule has 0 spiro atoms. The van der Waals surface area contributed by atoms with Crippen molar-refractivity contribution in [3.63, 3.8) is 0 Å². The van der Waals surface area contributed by atoms with Crippen molar-refractivity contribution in [3.05, 3.63) is 0 Å². The van der Waals surface area contributed by atoms with E-state index < -0.39 is 97.5 Å². The van der Waals surface area contributed by atoms with Crippen LogP contribution in [0.2, 0.25) is 0 Å². The number of esters is 4. The van der Waals surface area contributed by atoms with Gasteiger partial charge in [-0.25, -0.2) is 9.13 Å². The highest BCUT2D eigenvalue weighted by Crippen LogP contribution is 2.45. The van der Waals surface area contributed by atoms with E-state index in [4.69, 9.17) is 37.0 Å². The van der Waals surface area contributed by atoms with Gasteiger partial charge in [0.25, 0.3) is 0 Å². The van der Waals surface area contributed by atoms with Crippen LogP contribution >= 0.6 is 15.6 Å². The van der Waals surface area contributed by atoms with Crippen molar-refractivity contribution in [2.24, 2.45) is 11.8 Å². The minimum absolute atomic E-state index is 0.104. The number of ether oxygens (including phenoxy) is 4. The zero-order chi connectivity index (χ0) is 72.1. The van der Waals surface area contributed by atoms with Crippen molar-refractivity contribution < 1.29 is 80.2 Å². The predicted octanol–water partition coefficient (Wildman–Crippen LogP) is 23.5. The fourth-order valence-corrected chi connectivity index (χ4v) is 13.8. The Morgan fingerprint density at radius 3 is 0.694 bits per heavy atom. The van der Waals surface area contributed by atoms with Crippen molar-refractivity contribution >= 4 is 39.5 Å². The van der Waals surface area contributed by atoms with E-state index in [1.54, 1.807) is 0 Å². The van der Waals surface area contributed by atoms with Gasteiger partial charge in [0.15, 0.2) is 12.2 Å². The predicted molar refractivity (Wildman–Crippen MR) is 400 cm³/mol. The van der Waals surface area contributed by atoms with E-state index in [0.29, 0.717) is 31.6 Å². The Hall–Kier alpha value is -1.94. The molecule has 582 valence electrons. The summed E-state index contributed by atoms with van der Waals surface area (Å²) >= 11 is 0. The summed E-state index contributed by atoms with van der Waals surface area (Å²) in [6.07, 6.45) is 60.0. The topological polar surface area (TPSA) is 237 Å². The Morgan fingerprint density at radius 1 is 0.276 bits per heavy atom. The quantitative estimate of drug-likeness (QED) is 0.0222. The number of rotatable bonds is 78. The van der Waals surface area contributed by atoms with Crippen molar-refractivity contribution in [1.29, 1.82) is 0 Å². The molecule has 0 aliphatic heterocycles.